The molecule has 0 spiro atoms. The van der Waals surface area contributed by atoms with Gasteiger partial charge in [-0.25, -0.2) is 0 Å². The zero-order chi connectivity index (χ0) is 15.2. The van der Waals surface area contributed by atoms with Gasteiger partial charge in [-0.05, 0) is 49.6 Å². The zero-order valence-electron chi connectivity index (χ0n) is 13.0. The summed E-state index contributed by atoms with van der Waals surface area (Å²) in [7, 11) is 0. The van der Waals surface area contributed by atoms with Gasteiger partial charge >= 0.3 is 0 Å². The van der Waals surface area contributed by atoms with Gasteiger partial charge in [-0.15, -0.1) is 0 Å². The predicted molar refractivity (Wildman–Crippen MR) is 89.4 cm³/mol. The normalized spacial score (nSPS) is 17.4. The summed E-state index contributed by atoms with van der Waals surface area (Å²) in [5, 5.41) is 3.42. The van der Waals surface area contributed by atoms with Crippen molar-refractivity contribution in [3.05, 3.63) is 59.7 Å². The molecule has 1 N–H and O–H groups in total. The van der Waals surface area contributed by atoms with Gasteiger partial charge in [0, 0.05) is 18.8 Å². The fraction of sp³-hybridized carbons (Fsp3) is 0.368. The van der Waals surface area contributed by atoms with E-state index in [4.69, 9.17) is 9.47 Å². The summed E-state index contributed by atoms with van der Waals surface area (Å²) in [6.45, 7) is 4.45. The van der Waals surface area contributed by atoms with Gasteiger partial charge in [0.15, 0.2) is 0 Å². The van der Waals surface area contributed by atoms with E-state index in [1.54, 1.807) is 0 Å². The minimum absolute atomic E-state index is 0.263. The molecule has 1 fully saturated rings. The second kappa shape index (κ2) is 7.32. The van der Waals surface area contributed by atoms with Gasteiger partial charge in [0.2, 0.25) is 0 Å². The van der Waals surface area contributed by atoms with Crippen molar-refractivity contribution in [3.8, 4) is 5.75 Å². The monoisotopic (exact) mass is 297 g/mol. The molecule has 3 heteroatoms. The lowest BCUT2D eigenvalue weighted by Crippen LogP contribution is -2.16. The molecule has 1 aliphatic rings. The Hall–Kier alpha value is -2.00. The Morgan fingerprint density at radius 1 is 1.09 bits per heavy atom. The molecule has 0 aromatic heterocycles. The molecule has 2 aromatic rings. The molecule has 0 saturated carbocycles. The Morgan fingerprint density at radius 2 is 1.86 bits per heavy atom. The van der Waals surface area contributed by atoms with Gasteiger partial charge in [-0.2, -0.15) is 0 Å². The molecular formula is C19H23NO2. The highest BCUT2D eigenvalue weighted by atomic mass is 16.5. The highest BCUT2D eigenvalue weighted by Gasteiger charge is 2.15. The molecule has 1 atom stereocenters. The number of rotatable bonds is 6. The van der Waals surface area contributed by atoms with Crippen LogP contribution in [0.25, 0.3) is 0 Å². The minimum atomic E-state index is 0.263. The summed E-state index contributed by atoms with van der Waals surface area (Å²) in [6.07, 6.45) is 2.52. The van der Waals surface area contributed by atoms with E-state index in [9.17, 15) is 0 Å². The van der Waals surface area contributed by atoms with E-state index >= 15 is 0 Å². The van der Waals surface area contributed by atoms with Crippen LogP contribution in [0.1, 0.15) is 24.0 Å². The largest absolute Gasteiger partial charge is 0.491 e. The van der Waals surface area contributed by atoms with E-state index in [1.165, 1.54) is 11.1 Å². The van der Waals surface area contributed by atoms with Gasteiger partial charge in [0.25, 0.3) is 0 Å². The van der Waals surface area contributed by atoms with Crippen molar-refractivity contribution in [2.24, 2.45) is 0 Å². The predicted octanol–water partition coefficient (Wildman–Crippen LogP) is 4.16. The Bertz CT molecular complexity index is 571. The van der Waals surface area contributed by atoms with Crippen molar-refractivity contribution in [1.82, 2.24) is 0 Å². The maximum Gasteiger partial charge on any atom is 0.119 e. The Kier molecular flexibility index (Phi) is 4.96. The summed E-state index contributed by atoms with van der Waals surface area (Å²) < 4.78 is 11.3. The number of nitrogens with one attached hydrogen (secondary N) is 1. The summed E-state index contributed by atoms with van der Waals surface area (Å²) in [5.41, 5.74) is 3.67. The van der Waals surface area contributed by atoms with Crippen LogP contribution in [0.15, 0.2) is 48.5 Å². The highest BCUT2D eigenvalue weighted by molar-refractivity contribution is 5.46. The molecule has 116 valence electrons. The maximum atomic E-state index is 5.77. The number of anilines is 1. The third-order valence-electron chi connectivity index (χ3n) is 3.93. The molecule has 1 unspecified atom stereocenters. The Morgan fingerprint density at radius 3 is 2.55 bits per heavy atom. The topological polar surface area (TPSA) is 30.5 Å². The van der Waals surface area contributed by atoms with Crippen LogP contribution in [0.2, 0.25) is 0 Å². The molecule has 3 rings (SSSR count). The summed E-state index contributed by atoms with van der Waals surface area (Å²) in [6, 6.07) is 16.7. The summed E-state index contributed by atoms with van der Waals surface area (Å²) in [5.74, 6) is 0.899. The minimum Gasteiger partial charge on any atom is -0.491 e. The lowest BCUT2D eigenvalue weighted by atomic mass is 10.1. The first-order valence-corrected chi connectivity index (χ1v) is 7.93. The molecule has 0 radical (unpaired) electrons. The third-order valence-corrected chi connectivity index (χ3v) is 3.93. The van der Waals surface area contributed by atoms with Crippen LogP contribution in [-0.2, 0) is 11.3 Å². The van der Waals surface area contributed by atoms with Crippen molar-refractivity contribution in [2.75, 3.05) is 18.5 Å². The standard InChI is InChI=1S/C19H23NO2/c1-15-4-6-16(7-5-15)13-20-17-8-10-18(11-9-17)22-14-19-3-2-12-21-19/h4-11,19-20H,2-3,12-14H2,1H3. The number of hydrogen-bond acceptors (Lipinski definition) is 3. The molecule has 1 saturated heterocycles. The molecule has 1 aliphatic heterocycles. The first-order valence-electron chi connectivity index (χ1n) is 7.93. The Labute approximate surface area is 132 Å². The second-order valence-electron chi connectivity index (χ2n) is 5.81. The summed E-state index contributed by atoms with van der Waals surface area (Å²) >= 11 is 0. The second-order valence-corrected chi connectivity index (χ2v) is 5.81. The van der Waals surface area contributed by atoms with E-state index in [-0.39, 0.29) is 6.10 Å². The molecule has 2 aromatic carbocycles. The number of hydrogen-bond donors (Lipinski definition) is 1. The lowest BCUT2D eigenvalue weighted by molar-refractivity contribution is 0.0679. The molecular weight excluding hydrogens is 274 g/mol. The van der Waals surface area contributed by atoms with Crippen LogP contribution in [0.4, 0.5) is 5.69 Å². The number of benzene rings is 2. The van der Waals surface area contributed by atoms with Gasteiger partial charge in [0.05, 0.1) is 6.10 Å². The molecule has 0 aliphatic carbocycles. The molecule has 22 heavy (non-hydrogen) atoms. The SMILES string of the molecule is Cc1ccc(CNc2ccc(OCC3CCCO3)cc2)cc1. The van der Waals surface area contributed by atoms with Crippen molar-refractivity contribution in [2.45, 2.75) is 32.4 Å². The maximum absolute atomic E-state index is 5.77. The van der Waals surface area contributed by atoms with Crippen LogP contribution in [0, 0.1) is 6.92 Å². The van der Waals surface area contributed by atoms with Gasteiger partial charge in [-0.3, -0.25) is 0 Å². The van der Waals surface area contributed by atoms with Crippen molar-refractivity contribution < 1.29 is 9.47 Å². The fourth-order valence-corrected chi connectivity index (χ4v) is 2.54. The van der Waals surface area contributed by atoms with E-state index < -0.39 is 0 Å². The first kappa shape index (κ1) is 14.9. The molecule has 1 heterocycles. The first-order chi connectivity index (χ1) is 10.8. The smallest absolute Gasteiger partial charge is 0.119 e. The average molecular weight is 297 g/mol. The van der Waals surface area contributed by atoms with Crippen LogP contribution >= 0.6 is 0 Å². The number of aryl methyl sites for hydroxylation is 1. The van der Waals surface area contributed by atoms with Crippen molar-refractivity contribution in [3.63, 3.8) is 0 Å². The van der Waals surface area contributed by atoms with Crippen LogP contribution in [0.5, 0.6) is 5.75 Å². The highest BCUT2D eigenvalue weighted by Crippen LogP contribution is 2.19. The van der Waals surface area contributed by atoms with Crippen LogP contribution in [-0.4, -0.2) is 19.3 Å². The zero-order valence-corrected chi connectivity index (χ0v) is 13.0. The van der Waals surface area contributed by atoms with Crippen molar-refractivity contribution in [1.29, 1.82) is 0 Å². The quantitative estimate of drug-likeness (QED) is 0.868. The Balaban J connectivity index is 1.47. The van der Waals surface area contributed by atoms with E-state index in [2.05, 4.69) is 48.6 Å². The van der Waals surface area contributed by atoms with Crippen LogP contribution in [0.3, 0.4) is 0 Å². The molecule has 0 bridgehead atoms. The van der Waals surface area contributed by atoms with E-state index in [0.29, 0.717) is 6.61 Å². The van der Waals surface area contributed by atoms with Gasteiger partial charge in [0.1, 0.15) is 12.4 Å². The van der Waals surface area contributed by atoms with E-state index in [1.807, 2.05) is 12.1 Å². The van der Waals surface area contributed by atoms with E-state index in [0.717, 1.165) is 37.4 Å². The average Bonchev–Trinajstić information content (AvgIpc) is 3.07. The molecule has 3 nitrogen and oxygen atoms in total. The lowest BCUT2D eigenvalue weighted by Gasteiger charge is -2.12. The summed E-state index contributed by atoms with van der Waals surface area (Å²) in [4.78, 5) is 0. The van der Waals surface area contributed by atoms with Gasteiger partial charge in [-0.1, -0.05) is 29.8 Å². The fourth-order valence-electron chi connectivity index (χ4n) is 2.54. The van der Waals surface area contributed by atoms with Crippen LogP contribution < -0.4 is 10.1 Å². The van der Waals surface area contributed by atoms with Crippen molar-refractivity contribution >= 4 is 5.69 Å². The van der Waals surface area contributed by atoms with Gasteiger partial charge < -0.3 is 14.8 Å². The molecule has 0 amide bonds. The number of ether oxygens (including phenoxy) is 2. The third kappa shape index (κ3) is 4.25.